The van der Waals surface area contributed by atoms with Gasteiger partial charge in [-0.2, -0.15) is 13.5 Å². The van der Waals surface area contributed by atoms with Gasteiger partial charge < -0.3 is 4.74 Å². The minimum Gasteiger partial charge on any atom is -0.491 e. The number of nitrogens with one attached hydrogen (secondary N) is 2. The second-order valence-electron chi connectivity index (χ2n) is 8.16. The number of amides is 1. The Morgan fingerprint density at radius 3 is 2.46 bits per heavy atom. The van der Waals surface area contributed by atoms with E-state index in [-0.39, 0.29) is 23.8 Å². The highest BCUT2D eigenvalue weighted by Gasteiger charge is 2.23. The van der Waals surface area contributed by atoms with E-state index >= 15 is 0 Å². The van der Waals surface area contributed by atoms with Crippen LogP contribution in [0.3, 0.4) is 0 Å². The number of carbonyl (C=O) groups is 1. The molecule has 2 N–H and O–H groups in total. The molecule has 0 saturated heterocycles. The van der Waals surface area contributed by atoms with Crippen LogP contribution in [-0.2, 0) is 10.0 Å². The number of hydrogen-bond donors (Lipinski definition) is 2. The number of hydrogen-bond acceptors (Lipinski definition) is 6. The highest BCUT2D eigenvalue weighted by molar-refractivity contribution is 7.90. The van der Waals surface area contributed by atoms with Crippen LogP contribution in [0.25, 0.3) is 22.5 Å². The molecular weight excluding hydrogens is 471 g/mol. The first kappa shape index (κ1) is 24.1. The molecule has 2 aromatic carbocycles. The number of halogens is 1. The molecule has 1 amide bonds. The number of aryl methyl sites for hydroxylation is 1. The molecule has 4 rings (SSSR count). The van der Waals surface area contributed by atoms with Gasteiger partial charge in [0.05, 0.1) is 29.3 Å². The minimum absolute atomic E-state index is 0. The molecule has 0 fully saturated rings. The van der Waals surface area contributed by atoms with Gasteiger partial charge in [0.1, 0.15) is 11.6 Å². The van der Waals surface area contributed by atoms with E-state index in [1.807, 2.05) is 37.6 Å². The minimum atomic E-state index is -4.17. The fourth-order valence-electron chi connectivity index (χ4n) is 3.41. The Labute approximate surface area is 203 Å². The number of rotatable bonds is 7. The topological polar surface area (TPSA) is 114 Å². The predicted molar refractivity (Wildman–Crippen MR) is 131 cm³/mol. The van der Waals surface area contributed by atoms with E-state index < -0.39 is 21.7 Å². The maximum Gasteiger partial charge on any atom is 0.281 e. The van der Waals surface area contributed by atoms with E-state index in [0.29, 0.717) is 22.6 Å². The van der Waals surface area contributed by atoms with Gasteiger partial charge in [-0.15, -0.1) is 0 Å². The Morgan fingerprint density at radius 2 is 1.80 bits per heavy atom. The number of aromatic amines is 1. The molecule has 0 atom stereocenters. The lowest BCUT2D eigenvalue weighted by molar-refractivity contribution is 0.0981. The lowest BCUT2D eigenvalue weighted by atomic mass is 10.0. The molecule has 0 aliphatic heterocycles. The summed E-state index contributed by atoms with van der Waals surface area (Å²) >= 11 is 0. The summed E-state index contributed by atoms with van der Waals surface area (Å²) in [5, 5.41) is 5.69. The first-order chi connectivity index (χ1) is 16.6. The number of nitrogens with zero attached hydrogens (tertiary/aromatic N) is 2. The van der Waals surface area contributed by atoms with Crippen molar-refractivity contribution in [3.05, 3.63) is 83.8 Å². The Hall–Kier alpha value is -4.05. The van der Waals surface area contributed by atoms with Crippen LogP contribution in [0.1, 0.15) is 31.2 Å². The summed E-state index contributed by atoms with van der Waals surface area (Å²) in [6.45, 7) is 5.59. The van der Waals surface area contributed by atoms with Crippen LogP contribution < -0.4 is 9.46 Å². The van der Waals surface area contributed by atoms with E-state index in [9.17, 15) is 17.6 Å². The van der Waals surface area contributed by atoms with E-state index in [0.717, 1.165) is 5.56 Å². The Morgan fingerprint density at radius 1 is 1.06 bits per heavy atom. The molecular formula is C25H25FN4O4S. The van der Waals surface area contributed by atoms with Crippen LogP contribution in [0.2, 0.25) is 0 Å². The molecule has 10 heteroatoms. The first-order valence-corrected chi connectivity index (χ1v) is 12.2. The van der Waals surface area contributed by atoms with Crippen LogP contribution in [-0.4, -0.2) is 35.6 Å². The molecule has 0 bridgehead atoms. The number of benzene rings is 2. The molecule has 2 heterocycles. The van der Waals surface area contributed by atoms with Gasteiger partial charge in [0.2, 0.25) is 0 Å². The largest absolute Gasteiger partial charge is 0.491 e. The van der Waals surface area contributed by atoms with Crippen LogP contribution in [0.4, 0.5) is 4.39 Å². The number of ether oxygens (including phenoxy) is 1. The molecule has 0 aliphatic carbocycles. The molecule has 4 aromatic rings. The molecule has 8 nitrogen and oxygen atoms in total. The van der Waals surface area contributed by atoms with Crippen molar-refractivity contribution in [2.24, 2.45) is 0 Å². The standard InChI is InChI=1S/C25H23FN4O4S.H2/c1-15(2)34-20-13-18(12-19(26)14-20)22-9-8-21(24(28-22)17-6-4-16(3)5-7-17)25(31)30-35(32,33)23-10-11-27-29-23;/h4-15H,1-3H3,(H,27,29)(H,30,31);1H. The molecule has 2 aromatic heterocycles. The quantitative estimate of drug-likeness (QED) is 0.382. The summed E-state index contributed by atoms with van der Waals surface area (Å²) in [5.41, 5.74) is 2.72. The average Bonchev–Trinajstić information content (AvgIpc) is 3.34. The summed E-state index contributed by atoms with van der Waals surface area (Å²) in [6, 6.07) is 15.7. The second kappa shape index (κ2) is 9.67. The van der Waals surface area contributed by atoms with E-state index in [1.54, 1.807) is 18.2 Å². The Bertz CT molecular complexity index is 1470. The van der Waals surface area contributed by atoms with Crippen LogP contribution >= 0.6 is 0 Å². The smallest absolute Gasteiger partial charge is 0.281 e. The maximum absolute atomic E-state index is 14.3. The van der Waals surface area contributed by atoms with Crippen molar-refractivity contribution in [1.29, 1.82) is 0 Å². The fourth-order valence-corrected chi connectivity index (χ4v) is 4.29. The van der Waals surface area contributed by atoms with Crippen LogP contribution in [0.5, 0.6) is 5.75 Å². The van der Waals surface area contributed by atoms with E-state index in [4.69, 9.17) is 4.74 Å². The normalized spacial score (nSPS) is 11.5. The molecule has 0 unspecified atom stereocenters. The van der Waals surface area contributed by atoms with Crippen LogP contribution in [0.15, 0.2) is 71.9 Å². The number of sulfonamides is 1. The van der Waals surface area contributed by atoms with Gasteiger partial charge in [-0.25, -0.2) is 14.1 Å². The molecule has 182 valence electrons. The lowest BCUT2D eigenvalue weighted by Crippen LogP contribution is -2.31. The van der Waals surface area contributed by atoms with Gasteiger partial charge in [0, 0.05) is 18.6 Å². The van der Waals surface area contributed by atoms with Gasteiger partial charge in [-0.3, -0.25) is 9.89 Å². The first-order valence-electron chi connectivity index (χ1n) is 10.7. The molecule has 0 saturated carbocycles. The van der Waals surface area contributed by atoms with Crippen molar-refractivity contribution in [3.8, 4) is 28.3 Å². The van der Waals surface area contributed by atoms with Crippen molar-refractivity contribution in [1.82, 2.24) is 19.9 Å². The van der Waals surface area contributed by atoms with Crippen molar-refractivity contribution in [2.45, 2.75) is 31.9 Å². The summed E-state index contributed by atoms with van der Waals surface area (Å²) in [4.78, 5) is 17.7. The van der Waals surface area contributed by atoms with Crippen molar-refractivity contribution in [2.75, 3.05) is 0 Å². The maximum atomic E-state index is 14.3. The third kappa shape index (κ3) is 5.55. The highest BCUT2D eigenvalue weighted by atomic mass is 32.2. The number of carbonyl (C=O) groups excluding carboxylic acids is 1. The summed E-state index contributed by atoms with van der Waals surface area (Å²) < 4.78 is 47.1. The Balaban J connectivity index is 0.00000361. The molecule has 0 radical (unpaired) electrons. The van der Waals surface area contributed by atoms with Crippen LogP contribution in [0, 0.1) is 12.7 Å². The van der Waals surface area contributed by atoms with Gasteiger partial charge >= 0.3 is 0 Å². The number of pyridine rings is 1. The summed E-state index contributed by atoms with van der Waals surface area (Å²) in [7, 11) is -4.17. The Kier molecular flexibility index (Phi) is 6.65. The van der Waals surface area contributed by atoms with E-state index in [1.165, 1.54) is 36.5 Å². The molecule has 35 heavy (non-hydrogen) atoms. The number of aromatic nitrogens is 3. The number of H-pyrrole nitrogens is 1. The summed E-state index contributed by atoms with van der Waals surface area (Å²) in [5.74, 6) is -1.01. The van der Waals surface area contributed by atoms with Gasteiger partial charge in [-0.05, 0) is 51.1 Å². The summed E-state index contributed by atoms with van der Waals surface area (Å²) in [6.07, 6.45) is 1.12. The highest BCUT2D eigenvalue weighted by Crippen LogP contribution is 2.30. The second-order valence-corrected chi connectivity index (χ2v) is 9.81. The van der Waals surface area contributed by atoms with Crippen molar-refractivity contribution >= 4 is 15.9 Å². The fraction of sp³-hybridized carbons (Fsp3) is 0.160. The van der Waals surface area contributed by atoms with E-state index in [2.05, 4.69) is 15.2 Å². The van der Waals surface area contributed by atoms with Crippen molar-refractivity contribution < 1.29 is 23.8 Å². The van der Waals surface area contributed by atoms with Crippen molar-refractivity contribution in [3.63, 3.8) is 0 Å². The SMILES string of the molecule is Cc1ccc(-c2nc(-c3cc(F)cc(OC(C)C)c3)ccc2C(=O)NS(=O)(=O)c2ccn[nH]2)cc1.[HH]. The molecule has 0 aliphatic rings. The molecule has 0 spiro atoms. The third-order valence-electron chi connectivity index (χ3n) is 5.00. The predicted octanol–water partition coefficient (Wildman–Crippen LogP) is 4.74. The third-order valence-corrected chi connectivity index (χ3v) is 6.26. The van der Waals surface area contributed by atoms with Gasteiger partial charge in [-0.1, -0.05) is 29.8 Å². The lowest BCUT2D eigenvalue weighted by Gasteiger charge is -2.14. The average molecular weight is 497 g/mol. The van der Waals surface area contributed by atoms with Gasteiger partial charge in [0.15, 0.2) is 5.03 Å². The zero-order valence-corrected chi connectivity index (χ0v) is 20.1. The zero-order valence-electron chi connectivity index (χ0n) is 19.2. The zero-order chi connectivity index (χ0) is 25.2. The van der Waals surface area contributed by atoms with Gasteiger partial charge in [0.25, 0.3) is 15.9 Å². The monoisotopic (exact) mass is 496 g/mol.